The first-order valence-corrected chi connectivity index (χ1v) is 10.6. The van der Waals surface area contributed by atoms with Crippen LogP contribution in [-0.4, -0.2) is 50.7 Å². The molecule has 25 heavy (non-hydrogen) atoms. The van der Waals surface area contributed by atoms with Gasteiger partial charge in [0.1, 0.15) is 0 Å². The number of likely N-dealkylation sites (tertiary alicyclic amines) is 1. The van der Waals surface area contributed by atoms with E-state index in [1.54, 1.807) is 4.90 Å². The molecule has 7 heteroatoms. The number of carbonyl (C=O) groups is 1. The first-order valence-electron chi connectivity index (χ1n) is 9.00. The lowest BCUT2D eigenvalue weighted by atomic mass is 9.97. The lowest BCUT2D eigenvalue weighted by molar-refractivity contribution is -0.131. The van der Waals surface area contributed by atoms with Crippen molar-refractivity contribution in [2.24, 2.45) is 11.1 Å². The van der Waals surface area contributed by atoms with Gasteiger partial charge >= 0.3 is 0 Å². The summed E-state index contributed by atoms with van der Waals surface area (Å²) in [7, 11) is -3.49. The maximum atomic E-state index is 12.4. The predicted molar refractivity (Wildman–Crippen MR) is 97.5 cm³/mol. The Balaban J connectivity index is 1.49. The topological polar surface area (TPSA) is 92.5 Å². The summed E-state index contributed by atoms with van der Waals surface area (Å²) in [6.07, 6.45) is 3.54. The molecule has 2 fully saturated rings. The standard InChI is InChI=1S/C18H27N3O3S/c19-25(23,24)17-6-9-21(10-7-17)18(22)12-15-3-1-14(2-4-15)11-16-5-8-20-13-16/h1-4,16-17,20H,5-13H2,(H2,19,23,24). The van der Waals surface area contributed by atoms with Crippen LogP contribution in [0.25, 0.3) is 0 Å². The van der Waals surface area contributed by atoms with E-state index < -0.39 is 15.3 Å². The van der Waals surface area contributed by atoms with Crippen LogP contribution in [0, 0.1) is 5.92 Å². The monoisotopic (exact) mass is 365 g/mol. The highest BCUT2D eigenvalue weighted by atomic mass is 32.2. The van der Waals surface area contributed by atoms with Gasteiger partial charge in [-0.15, -0.1) is 0 Å². The number of hydrogen-bond acceptors (Lipinski definition) is 4. The fraction of sp³-hybridized carbons (Fsp3) is 0.611. The molecule has 1 amide bonds. The van der Waals surface area contributed by atoms with Gasteiger partial charge in [-0.05, 0) is 55.8 Å². The largest absolute Gasteiger partial charge is 0.342 e. The van der Waals surface area contributed by atoms with Crippen molar-refractivity contribution in [1.29, 1.82) is 0 Å². The van der Waals surface area contributed by atoms with Crippen LogP contribution < -0.4 is 10.5 Å². The molecule has 1 aromatic rings. The smallest absolute Gasteiger partial charge is 0.226 e. The molecule has 0 radical (unpaired) electrons. The number of piperidine rings is 1. The molecule has 2 aliphatic rings. The van der Waals surface area contributed by atoms with Crippen molar-refractivity contribution in [3.05, 3.63) is 35.4 Å². The zero-order valence-electron chi connectivity index (χ0n) is 14.5. The van der Waals surface area contributed by atoms with Crippen molar-refractivity contribution in [2.75, 3.05) is 26.2 Å². The molecule has 0 spiro atoms. The van der Waals surface area contributed by atoms with Gasteiger partial charge in [-0.2, -0.15) is 0 Å². The van der Waals surface area contributed by atoms with Gasteiger partial charge in [0.2, 0.25) is 15.9 Å². The molecule has 2 aliphatic heterocycles. The number of nitrogens with zero attached hydrogens (tertiary/aromatic N) is 1. The summed E-state index contributed by atoms with van der Waals surface area (Å²) in [4.78, 5) is 14.2. The highest BCUT2D eigenvalue weighted by Crippen LogP contribution is 2.18. The van der Waals surface area contributed by atoms with Crippen LogP contribution in [0.2, 0.25) is 0 Å². The van der Waals surface area contributed by atoms with Gasteiger partial charge in [0, 0.05) is 13.1 Å². The highest BCUT2D eigenvalue weighted by Gasteiger charge is 2.29. The van der Waals surface area contributed by atoms with Crippen molar-refractivity contribution >= 4 is 15.9 Å². The maximum Gasteiger partial charge on any atom is 0.226 e. The SMILES string of the molecule is NS(=O)(=O)C1CCN(C(=O)Cc2ccc(CC3CCNC3)cc2)CC1. The van der Waals surface area contributed by atoms with E-state index in [0.29, 0.717) is 38.3 Å². The van der Waals surface area contributed by atoms with E-state index in [4.69, 9.17) is 5.14 Å². The normalized spacial score (nSPS) is 22.3. The summed E-state index contributed by atoms with van der Waals surface area (Å²) in [6, 6.07) is 8.31. The van der Waals surface area contributed by atoms with Gasteiger partial charge < -0.3 is 10.2 Å². The van der Waals surface area contributed by atoms with E-state index in [2.05, 4.69) is 17.4 Å². The van der Waals surface area contributed by atoms with E-state index in [9.17, 15) is 13.2 Å². The van der Waals surface area contributed by atoms with Crippen LogP contribution >= 0.6 is 0 Å². The molecule has 3 rings (SSSR count). The Bertz CT molecular complexity index is 689. The number of amides is 1. The van der Waals surface area contributed by atoms with Gasteiger partial charge in [-0.1, -0.05) is 24.3 Å². The molecular weight excluding hydrogens is 338 g/mol. The first kappa shape index (κ1) is 18.4. The lowest BCUT2D eigenvalue weighted by Gasteiger charge is -2.31. The van der Waals surface area contributed by atoms with Crippen molar-refractivity contribution in [3.63, 3.8) is 0 Å². The average Bonchev–Trinajstić information content (AvgIpc) is 3.09. The van der Waals surface area contributed by atoms with E-state index in [1.807, 2.05) is 12.1 Å². The zero-order chi connectivity index (χ0) is 17.9. The second kappa shape index (κ2) is 7.85. The minimum absolute atomic E-state index is 0.0561. The lowest BCUT2D eigenvalue weighted by Crippen LogP contribution is -2.44. The minimum Gasteiger partial charge on any atom is -0.342 e. The minimum atomic E-state index is -3.49. The molecule has 0 saturated carbocycles. The number of benzene rings is 1. The second-order valence-corrected chi connectivity index (χ2v) is 9.07. The number of primary sulfonamides is 1. The molecule has 6 nitrogen and oxygen atoms in total. The molecule has 0 aromatic heterocycles. The first-order chi connectivity index (χ1) is 11.9. The summed E-state index contributed by atoms with van der Waals surface area (Å²) in [6.45, 7) is 3.13. The number of rotatable bonds is 5. The average molecular weight is 365 g/mol. The number of nitrogens with one attached hydrogen (secondary N) is 1. The van der Waals surface area contributed by atoms with E-state index in [1.165, 1.54) is 12.0 Å². The molecule has 2 heterocycles. The van der Waals surface area contributed by atoms with Crippen molar-refractivity contribution in [1.82, 2.24) is 10.2 Å². The van der Waals surface area contributed by atoms with Crippen molar-refractivity contribution < 1.29 is 13.2 Å². The van der Waals surface area contributed by atoms with Crippen LogP contribution in [-0.2, 0) is 27.7 Å². The highest BCUT2D eigenvalue weighted by molar-refractivity contribution is 7.89. The van der Waals surface area contributed by atoms with Crippen molar-refractivity contribution in [3.8, 4) is 0 Å². The molecule has 3 N–H and O–H groups in total. The predicted octanol–water partition coefficient (Wildman–Crippen LogP) is 0.661. The van der Waals surface area contributed by atoms with E-state index >= 15 is 0 Å². The van der Waals surface area contributed by atoms with Gasteiger partial charge in [-0.3, -0.25) is 4.79 Å². The Morgan fingerprint density at radius 3 is 2.32 bits per heavy atom. The van der Waals surface area contributed by atoms with E-state index in [0.717, 1.165) is 25.1 Å². The molecule has 138 valence electrons. The van der Waals surface area contributed by atoms with Gasteiger partial charge in [-0.25, -0.2) is 13.6 Å². The Morgan fingerprint density at radius 1 is 1.12 bits per heavy atom. The molecule has 0 bridgehead atoms. The second-order valence-electron chi connectivity index (χ2n) is 7.23. The number of nitrogens with two attached hydrogens (primary N) is 1. The van der Waals surface area contributed by atoms with Gasteiger partial charge in [0.25, 0.3) is 0 Å². The Hall–Kier alpha value is -1.44. The fourth-order valence-electron chi connectivity index (χ4n) is 3.74. The van der Waals surface area contributed by atoms with E-state index in [-0.39, 0.29) is 5.91 Å². The third-order valence-corrected chi connectivity index (χ3v) is 6.73. The summed E-state index contributed by atoms with van der Waals surface area (Å²) >= 11 is 0. The van der Waals surface area contributed by atoms with Crippen LogP contribution in [0.15, 0.2) is 24.3 Å². The maximum absolute atomic E-state index is 12.4. The summed E-state index contributed by atoms with van der Waals surface area (Å²) in [5, 5.41) is 8.06. The fourth-order valence-corrected chi connectivity index (χ4v) is 4.60. The van der Waals surface area contributed by atoms with Crippen LogP contribution in [0.3, 0.4) is 0 Å². The molecular formula is C18H27N3O3S. The van der Waals surface area contributed by atoms with Crippen LogP contribution in [0.1, 0.15) is 30.4 Å². The molecule has 1 aromatic carbocycles. The molecule has 1 unspecified atom stereocenters. The molecule has 1 atom stereocenters. The number of sulfonamides is 1. The Morgan fingerprint density at radius 2 is 1.76 bits per heavy atom. The Labute approximate surface area is 149 Å². The van der Waals surface area contributed by atoms with Gasteiger partial charge in [0.15, 0.2) is 0 Å². The quantitative estimate of drug-likeness (QED) is 0.802. The van der Waals surface area contributed by atoms with Crippen LogP contribution in [0.4, 0.5) is 0 Å². The zero-order valence-corrected chi connectivity index (χ0v) is 15.3. The summed E-state index contributed by atoms with van der Waals surface area (Å²) in [5.74, 6) is 0.771. The van der Waals surface area contributed by atoms with Crippen molar-refractivity contribution in [2.45, 2.75) is 37.4 Å². The summed E-state index contributed by atoms with van der Waals surface area (Å²) in [5.41, 5.74) is 2.32. The third-order valence-electron chi connectivity index (χ3n) is 5.32. The Kier molecular flexibility index (Phi) is 5.76. The number of hydrogen-bond donors (Lipinski definition) is 2. The summed E-state index contributed by atoms with van der Waals surface area (Å²) < 4.78 is 22.8. The number of carbonyl (C=O) groups excluding carboxylic acids is 1. The van der Waals surface area contributed by atoms with Gasteiger partial charge in [0.05, 0.1) is 11.7 Å². The molecule has 2 saturated heterocycles. The van der Waals surface area contributed by atoms with Crippen LogP contribution in [0.5, 0.6) is 0 Å². The third kappa shape index (κ3) is 5.03. The molecule has 0 aliphatic carbocycles.